The zero-order valence-corrected chi connectivity index (χ0v) is 18.7. The summed E-state index contributed by atoms with van der Waals surface area (Å²) in [7, 11) is 2.06. The van der Waals surface area contributed by atoms with Crippen molar-refractivity contribution in [3.05, 3.63) is 45.8 Å². The van der Waals surface area contributed by atoms with Gasteiger partial charge < -0.3 is 15.0 Å². The number of hydrogen-bond donors (Lipinski definition) is 1. The van der Waals surface area contributed by atoms with Gasteiger partial charge in [0, 0.05) is 22.9 Å². The van der Waals surface area contributed by atoms with E-state index in [4.69, 9.17) is 4.74 Å². The molecular weight excluding hydrogens is 416 g/mol. The molecule has 152 valence electrons. The third-order valence-corrected chi connectivity index (χ3v) is 6.47. The number of fused-ring (bicyclic) bond motifs is 1. The SMILES string of the molecule is CCOC(=O)c1c(NC(=O)c2ccccc2SCC)sc2c1CCN(C)C2.Cl. The number of anilines is 1. The molecule has 3 rings (SSSR count). The van der Waals surface area contributed by atoms with Crippen molar-refractivity contribution in [2.24, 2.45) is 0 Å². The fraction of sp³-hybridized carbons (Fsp3) is 0.400. The van der Waals surface area contributed by atoms with E-state index in [0.717, 1.165) is 40.6 Å². The van der Waals surface area contributed by atoms with Gasteiger partial charge in [0.25, 0.3) is 5.91 Å². The van der Waals surface area contributed by atoms with Gasteiger partial charge in [-0.1, -0.05) is 19.1 Å². The Morgan fingerprint density at radius 1 is 1.29 bits per heavy atom. The van der Waals surface area contributed by atoms with Crippen molar-refractivity contribution in [1.29, 1.82) is 0 Å². The van der Waals surface area contributed by atoms with Crippen LogP contribution < -0.4 is 5.32 Å². The number of ether oxygens (including phenoxy) is 1. The molecule has 0 fully saturated rings. The predicted molar refractivity (Wildman–Crippen MR) is 118 cm³/mol. The molecule has 0 atom stereocenters. The maximum absolute atomic E-state index is 12.9. The van der Waals surface area contributed by atoms with Crippen molar-refractivity contribution in [3.63, 3.8) is 0 Å². The van der Waals surface area contributed by atoms with E-state index in [1.807, 2.05) is 24.3 Å². The molecule has 0 unspecified atom stereocenters. The molecule has 0 spiro atoms. The van der Waals surface area contributed by atoms with E-state index in [0.29, 0.717) is 22.7 Å². The van der Waals surface area contributed by atoms with Crippen LogP contribution in [0.25, 0.3) is 0 Å². The topological polar surface area (TPSA) is 58.6 Å². The minimum absolute atomic E-state index is 0. The van der Waals surface area contributed by atoms with Gasteiger partial charge in [-0.3, -0.25) is 4.79 Å². The Bertz CT molecular complexity index is 854. The lowest BCUT2D eigenvalue weighted by molar-refractivity contribution is 0.0526. The first-order valence-electron chi connectivity index (χ1n) is 9.08. The van der Waals surface area contributed by atoms with E-state index in [2.05, 4.69) is 24.2 Å². The van der Waals surface area contributed by atoms with Gasteiger partial charge in [-0.05, 0) is 43.8 Å². The summed E-state index contributed by atoms with van der Waals surface area (Å²) in [5.41, 5.74) is 2.17. The first kappa shape index (κ1) is 22.7. The summed E-state index contributed by atoms with van der Waals surface area (Å²) in [5.74, 6) is 0.341. The lowest BCUT2D eigenvalue weighted by Gasteiger charge is -2.22. The summed E-state index contributed by atoms with van der Waals surface area (Å²) in [6, 6.07) is 7.55. The Morgan fingerprint density at radius 3 is 2.75 bits per heavy atom. The standard InChI is InChI=1S/C20H24N2O3S2.ClH/c1-4-25-20(24)17-13-10-11-22(3)12-16(13)27-19(17)21-18(23)14-8-6-7-9-15(14)26-5-2;/h6-9H,4-5,10-12H2,1-3H3,(H,21,23);1H. The average Bonchev–Trinajstić information content (AvgIpc) is 2.99. The Hall–Kier alpha value is -1.54. The van der Waals surface area contributed by atoms with Crippen molar-refractivity contribution in [1.82, 2.24) is 4.90 Å². The fourth-order valence-electron chi connectivity index (χ4n) is 3.14. The number of nitrogens with one attached hydrogen (secondary N) is 1. The molecule has 5 nitrogen and oxygen atoms in total. The second-order valence-corrected chi connectivity index (χ2v) is 8.71. The molecular formula is C20H25ClN2O3S2. The van der Waals surface area contributed by atoms with Crippen LogP contribution >= 0.6 is 35.5 Å². The molecule has 1 amide bonds. The highest BCUT2D eigenvalue weighted by Gasteiger charge is 2.29. The largest absolute Gasteiger partial charge is 0.462 e. The second kappa shape index (κ2) is 10.3. The molecule has 1 aromatic heterocycles. The highest BCUT2D eigenvalue weighted by atomic mass is 35.5. The third-order valence-electron chi connectivity index (χ3n) is 4.39. The van der Waals surface area contributed by atoms with Crippen molar-refractivity contribution >= 4 is 52.4 Å². The number of carbonyl (C=O) groups excluding carboxylic acids is 2. The number of nitrogens with zero attached hydrogens (tertiary/aromatic N) is 1. The van der Waals surface area contributed by atoms with Gasteiger partial charge in [-0.15, -0.1) is 35.5 Å². The van der Waals surface area contributed by atoms with Gasteiger partial charge in [-0.25, -0.2) is 4.79 Å². The molecule has 0 radical (unpaired) electrons. The van der Waals surface area contributed by atoms with Crippen molar-refractivity contribution in [2.75, 3.05) is 31.3 Å². The molecule has 2 aromatic rings. The summed E-state index contributed by atoms with van der Waals surface area (Å²) < 4.78 is 5.27. The second-order valence-electron chi connectivity index (χ2n) is 6.30. The lowest BCUT2D eigenvalue weighted by Crippen LogP contribution is -2.26. The quantitative estimate of drug-likeness (QED) is 0.521. The average molecular weight is 441 g/mol. The summed E-state index contributed by atoms with van der Waals surface area (Å²) in [6.07, 6.45) is 0.786. The molecule has 0 saturated carbocycles. The number of esters is 1. The molecule has 1 aliphatic rings. The van der Waals surface area contributed by atoms with E-state index < -0.39 is 0 Å². The van der Waals surface area contributed by atoms with Crippen LogP contribution in [0.1, 0.15) is 45.0 Å². The van der Waals surface area contributed by atoms with Crippen LogP contribution in [0.3, 0.4) is 0 Å². The van der Waals surface area contributed by atoms with Crippen molar-refractivity contribution in [3.8, 4) is 0 Å². The van der Waals surface area contributed by atoms with Crippen LogP contribution in [-0.2, 0) is 17.7 Å². The fourth-order valence-corrected chi connectivity index (χ4v) is 5.26. The molecule has 1 aromatic carbocycles. The number of rotatable bonds is 6. The Morgan fingerprint density at radius 2 is 2.04 bits per heavy atom. The molecule has 1 aliphatic heterocycles. The van der Waals surface area contributed by atoms with E-state index in [1.54, 1.807) is 18.7 Å². The van der Waals surface area contributed by atoms with Gasteiger partial charge in [0.15, 0.2) is 0 Å². The number of thiophene rings is 1. The van der Waals surface area contributed by atoms with Gasteiger partial charge >= 0.3 is 5.97 Å². The molecule has 8 heteroatoms. The normalized spacial score (nSPS) is 13.4. The highest BCUT2D eigenvalue weighted by molar-refractivity contribution is 7.99. The predicted octanol–water partition coefficient (Wildman–Crippen LogP) is 4.70. The number of amides is 1. The van der Waals surface area contributed by atoms with Crippen LogP contribution in [0.15, 0.2) is 29.2 Å². The van der Waals surface area contributed by atoms with E-state index in [-0.39, 0.29) is 24.3 Å². The zero-order chi connectivity index (χ0) is 19.4. The number of carbonyl (C=O) groups is 2. The van der Waals surface area contributed by atoms with E-state index >= 15 is 0 Å². The Labute approximate surface area is 180 Å². The van der Waals surface area contributed by atoms with E-state index in [1.165, 1.54) is 11.3 Å². The summed E-state index contributed by atoms with van der Waals surface area (Å²) in [6.45, 7) is 5.83. The molecule has 28 heavy (non-hydrogen) atoms. The zero-order valence-electron chi connectivity index (χ0n) is 16.2. The van der Waals surface area contributed by atoms with Crippen LogP contribution in [-0.4, -0.2) is 42.7 Å². The Balaban J connectivity index is 0.00000280. The van der Waals surface area contributed by atoms with Crippen LogP contribution in [0, 0.1) is 0 Å². The summed E-state index contributed by atoms with van der Waals surface area (Å²) in [5, 5.41) is 3.58. The number of benzene rings is 1. The minimum Gasteiger partial charge on any atom is -0.462 e. The monoisotopic (exact) mass is 440 g/mol. The van der Waals surface area contributed by atoms with Crippen LogP contribution in [0.5, 0.6) is 0 Å². The number of hydrogen-bond acceptors (Lipinski definition) is 6. The van der Waals surface area contributed by atoms with E-state index in [9.17, 15) is 9.59 Å². The summed E-state index contributed by atoms with van der Waals surface area (Å²) >= 11 is 3.11. The van der Waals surface area contributed by atoms with Crippen molar-refractivity contribution in [2.45, 2.75) is 31.7 Å². The highest BCUT2D eigenvalue weighted by Crippen LogP contribution is 2.38. The Kier molecular flexibility index (Phi) is 8.37. The molecule has 1 N–H and O–H groups in total. The molecule has 0 aliphatic carbocycles. The number of thioether (sulfide) groups is 1. The van der Waals surface area contributed by atoms with Gasteiger partial charge in [-0.2, -0.15) is 0 Å². The van der Waals surface area contributed by atoms with Gasteiger partial charge in [0.05, 0.1) is 17.7 Å². The van der Waals surface area contributed by atoms with Gasteiger partial charge in [0.1, 0.15) is 5.00 Å². The molecule has 2 heterocycles. The first-order valence-corrected chi connectivity index (χ1v) is 10.9. The van der Waals surface area contributed by atoms with Crippen LogP contribution in [0.2, 0.25) is 0 Å². The maximum atomic E-state index is 12.9. The third kappa shape index (κ3) is 4.89. The smallest absolute Gasteiger partial charge is 0.341 e. The first-order chi connectivity index (χ1) is 13.0. The maximum Gasteiger partial charge on any atom is 0.341 e. The summed E-state index contributed by atoms with van der Waals surface area (Å²) in [4.78, 5) is 29.8. The molecule has 0 saturated heterocycles. The number of halogens is 1. The van der Waals surface area contributed by atoms with Gasteiger partial charge in [0.2, 0.25) is 0 Å². The minimum atomic E-state index is -0.355. The molecule has 0 bridgehead atoms. The number of likely N-dealkylation sites (N-methyl/N-ethyl adjacent to an activating group) is 1. The van der Waals surface area contributed by atoms with Crippen LogP contribution in [0.4, 0.5) is 5.00 Å². The van der Waals surface area contributed by atoms with Crippen molar-refractivity contribution < 1.29 is 14.3 Å². The lowest BCUT2D eigenvalue weighted by atomic mass is 10.0.